The molecular formula is C16H22N2O. The molecule has 1 fully saturated rings. The van der Waals surface area contributed by atoms with E-state index in [4.69, 9.17) is 0 Å². The summed E-state index contributed by atoms with van der Waals surface area (Å²) in [6.45, 7) is 4.67. The quantitative estimate of drug-likeness (QED) is 0.836. The number of fused-ring (bicyclic) bond motifs is 1. The van der Waals surface area contributed by atoms with Crippen LogP contribution in [0.25, 0.3) is 0 Å². The zero-order valence-electron chi connectivity index (χ0n) is 11.6. The Balaban J connectivity index is 1.81. The van der Waals surface area contributed by atoms with Crippen molar-refractivity contribution in [1.29, 1.82) is 0 Å². The van der Waals surface area contributed by atoms with Crippen LogP contribution in [-0.2, 0) is 17.8 Å². The van der Waals surface area contributed by atoms with Gasteiger partial charge in [-0.25, -0.2) is 0 Å². The molecule has 1 aromatic rings. The summed E-state index contributed by atoms with van der Waals surface area (Å²) in [6, 6.07) is 8.52. The van der Waals surface area contributed by atoms with Gasteiger partial charge in [0.05, 0.1) is 5.54 Å². The second-order valence-electron chi connectivity index (χ2n) is 5.96. The van der Waals surface area contributed by atoms with Gasteiger partial charge in [-0.1, -0.05) is 24.3 Å². The molecule has 3 rings (SSSR count). The third-order valence-corrected chi connectivity index (χ3v) is 4.48. The van der Waals surface area contributed by atoms with E-state index in [1.165, 1.54) is 11.1 Å². The van der Waals surface area contributed by atoms with E-state index in [2.05, 4.69) is 36.5 Å². The zero-order chi connectivity index (χ0) is 13.3. The van der Waals surface area contributed by atoms with Crippen LogP contribution in [0.5, 0.6) is 0 Å². The fourth-order valence-corrected chi connectivity index (χ4v) is 3.30. The number of nitrogens with one attached hydrogen (secondary N) is 1. The first-order valence-corrected chi connectivity index (χ1v) is 7.30. The number of aryl methyl sites for hydroxylation is 1. The van der Waals surface area contributed by atoms with Crippen molar-refractivity contribution in [3.8, 4) is 0 Å². The van der Waals surface area contributed by atoms with E-state index < -0.39 is 0 Å². The molecular weight excluding hydrogens is 236 g/mol. The van der Waals surface area contributed by atoms with E-state index in [0.717, 1.165) is 45.3 Å². The average Bonchev–Trinajstić information content (AvgIpc) is 2.76. The highest BCUT2D eigenvalue weighted by atomic mass is 16.2. The standard InChI is InChI=1S/C16H22N2O/c1-16(9-5-10-17-16)15(19)18-11-4-8-13-6-2-3-7-14(13)12-18/h2-3,6-7,17H,4-5,8-12H2,1H3. The Labute approximate surface area is 115 Å². The monoisotopic (exact) mass is 258 g/mol. The number of carbonyl (C=O) groups excluding carboxylic acids is 1. The lowest BCUT2D eigenvalue weighted by Gasteiger charge is -2.31. The molecule has 2 heterocycles. The van der Waals surface area contributed by atoms with Crippen molar-refractivity contribution in [3.63, 3.8) is 0 Å². The summed E-state index contributed by atoms with van der Waals surface area (Å²) in [5, 5.41) is 3.38. The largest absolute Gasteiger partial charge is 0.337 e. The van der Waals surface area contributed by atoms with Crippen molar-refractivity contribution in [2.45, 2.75) is 44.7 Å². The fraction of sp³-hybridized carbons (Fsp3) is 0.562. The molecule has 2 aliphatic rings. The summed E-state index contributed by atoms with van der Waals surface area (Å²) in [5.41, 5.74) is 2.39. The highest BCUT2D eigenvalue weighted by Gasteiger charge is 2.39. The second kappa shape index (κ2) is 4.97. The van der Waals surface area contributed by atoms with Crippen LogP contribution in [0.1, 0.15) is 37.3 Å². The maximum atomic E-state index is 12.7. The van der Waals surface area contributed by atoms with E-state index >= 15 is 0 Å². The predicted octanol–water partition coefficient (Wildman–Crippen LogP) is 2.10. The molecule has 0 aliphatic carbocycles. The minimum Gasteiger partial charge on any atom is -0.337 e. The third kappa shape index (κ3) is 2.39. The second-order valence-corrected chi connectivity index (χ2v) is 5.96. The minimum absolute atomic E-state index is 0.279. The van der Waals surface area contributed by atoms with Gasteiger partial charge in [0.15, 0.2) is 0 Å². The van der Waals surface area contributed by atoms with Crippen LogP contribution in [0.3, 0.4) is 0 Å². The van der Waals surface area contributed by atoms with Crippen LogP contribution in [0.15, 0.2) is 24.3 Å². The minimum atomic E-state index is -0.334. The number of hydrogen-bond donors (Lipinski definition) is 1. The van der Waals surface area contributed by atoms with Crippen molar-refractivity contribution in [2.24, 2.45) is 0 Å². The number of hydrogen-bond acceptors (Lipinski definition) is 2. The molecule has 0 bridgehead atoms. The summed E-state index contributed by atoms with van der Waals surface area (Å²) in [6.07, 6.45) is 4.22. The van der Waals surface area contributed by atoms with Crippen molar-refractivity contribution in [3.05, 3.63) is 35.4 Å². The molecule has 3 nitrogen and oxygen atoms in total. The smallest absolute Gasteiger partial charge is 0.242 e. The number of rotatable bonds is 1. The van der Waals surface area contributed by atoms with Crippen LogP contribution < -0.4 is 5.32 Å². The first-order chi connectivity index (χ1) is 9.19. The lowest BCUT2D eigenvalue weighted by Crippen LogP contribution is -2.52. The molecule has 102 valence electrons. The highest BCUT2D eigenvalue weighted by molar-refractivity contribution is 5.86. The molecule has 3 heteroatoms. The Kier molecular flexibility index (Phi) is 3.31. The Morgan fingerprint density at radius 3 is 2.79 bits per heavy atom. The average molecular weight is 258 g/mol. The first-order valence-electron chi connectivity index (χ1n) is 7.30. The van der Waals surface area contributed by atoms with Gasteiger partial charge in [0.2, 0.25) is 5.91 Å². The van der Waals surface area contributed by atoms with Gasteiger partial charge in [-0.2, -0.15) is 0 Å². The molecule has 1 amide bonds. The van der Waals surface area contributed by atoms with Gasteiger partial charge in [0, 0.05) is 13.1 Å². The van der Waals surface area contributed by atoms with Crippen molar-refractivity contribution in [2.75, 3.05) is 13.1 Å². The normalized spacial score (nSPS) is 26.9. The Hall–Kier alpha value is -1.35. The van der Waals surface area contributed by atoms with E-state index in [1.54, 1.807) is 0 Å². The van der Waals surface area contributed by atoms with Gasteiger partial charge in [-0.05, 0) is 50.3 Å². The third-order valence-electron chi connectivity index (χ3n) is 4.48. The highest BCUT2D eigenvalue weighted by Crippen LogP contribution is 2.25. The van der Waals surface area contributed by atoms with Gasteiger partial charge in [0.1, 0.15) is 0 Å². The molecule has 1 N–H and O–H groups in total. The molecule has 1 aromatic carbocycles. The van der Waals surface area contributed by atoms with Gasteiger partial charge in [0.25, 0.3) is 0 Å². The maximum Gasteiger partial charge on any atom is 0.242 e. The van der Waals surface area contributed by atoms with Crippen molar-refractivity contribution < 1.29 is 4.79 Å². The van der Waals surface area contributed by atoms with Crippen LogP contribution in [-0.4, -0.2) is 29.4 Å². The number of amides is 1. The van der Waals surface area contributed by atoms with Crippen molar-refractivity contribution >= 4 is 5.91 Å². The van der Waals surface area contributed by atoms with E-state index in [0.29, 0.717) is 0 Å². The number of benzene rings is 1. The molecule has 0 saturated carbocycles. The summed E-state index contributed by atoms with van der Waals surface area (Å²) < 4.78 is 0. The van der Waals surface area contributed by atoms with Gasteiger partial charge in [-0.15, -0.1) is 0 Å². The Morgan fingerprint density at radius 1 is 1.26 bits per heavy atom. The van der Waals surface area contributed by atoms with Crippen molar-refractivity contribution in [1.82, 2.24) is 10.2 Å². The molecule has 0 aromatic heterocycles. The Bertz CT molecular complexity index is 477. The molecule has 2 aliphatic heterocycles. The summed E-state index contributed by atoms with van der Waals surface area (Å²) in [7, 11) is 0. The van der Waals surface area contributed by atoms with Crippen LogP contribution in [0.4, 0.5) is 0 Å². The molecule has 1 saturated heterocycles. The van der Waals surface area contributed by atoms with E-state index in [-0.39, 0.29) is 11.4 Å². The maximum absolute atomic E-state index is 12.7. The topological polar surface area (TPSA) is 32.3 Å². The molecule has 0 spiro atoms. The lowest BCUT2D eigenvalue weighted by atomic mass is 9.98. The van der Waals surface area contributed by atoms with Gasteiger partial charge in [-0.3, -0.25) is 4.79 Å². The molecule has 1 atom stereocenters. The summed E-state index contributed by atoms with van der Waals surface area (Å²) in [5.74, 6) is 0.279. The molecule has 19 heavy (non-hydrogen) atoms. The van der Waals surface area contributed by atoms with Crippen LogP contribution in [0.2, 0.25) is 0 Å². The number of carbonyl (C=O) groups is 1. The zero-order valence-corrected chi connectivity index (χ0v) is 11.6. The van der Waals surface area contributed by atoms with Crippen LogP contribution >= 0.6 is 0 Å². The van der Waals surface area contributed by atoms with Crippen LogP contribution in [0, 0.1) is 0 Å². The van der Waals surface area contributed by atoms with E-state index in [1.807, 2.05) is 4.90 Å². The predicted molar refractivity (Wildman–Crippen MR) is 75.8 cm³/mol. The summed E-state index contributed by atoms with van der Waals surface area (Å²) in [4.78, 5) is 14.8. The summed E-state index contributed by atoms with van der Waals surface area (Å²) >= 11 is 0. The lowest BCUT2D eigenvalue weighted by molar-refractivity contribution is -0.137. The fourth-order valence-electron chi connectivity index (χ4n) is 3.30. The van der Waals surface area contributed by atoms with Gasteiger partial charge < -0.3 is 10.2 Å². The first kappa shape index (κ1) is 12.7. The number of nitrogens with zero attached hydrogens (tertiary/aromatic N) is 1. The SMILES string of the molecule is CC1(C(=O)N2CCCc3ccccc3C2)CCCN1. The molecule has 0 radical (unpaired) electrons. The van der Waals surface area contributed by atoms with E-state index in [9.17, 15) is 4.79 Å². The Morgan fingerprint density at radius 2 is 2.05 bits per heavy atom. The molecule has 1 unspecified atom stereocenters. The van der Waals surface area contributed by atoms with Gasteiger partial charge >= 0.3 is 0 Å².